The third-order valence-electron chi connectivity index (χ3n) is 4.94. The summed E-state index contributed by atoms with van der Waals surface area (Å²) in [4.78, 5) is 15.8. The molecule has 110 valence electrons. The Bertz CT molecular complexity index is 324. The first-order valence-electron chi connectivity index (χ1n) is 7.49. The molecule has 0 spiro atoms. The van der Waals surface area contributed by atoms with E-state index >= 15 is 0 Å². The van der Waals surface area contributed by atoms with Crippen molar-refractivity contribution in [2.45, 2.75) is 76.5 Å². The number of piperidine rings is 1. The predicted molar refractivity (Wildman–Crippen MR) is 76.3 cm³/mol. The first kappa shape index (κ1) is 14.8. The SMILES string of the molecule is CN1C2CCC1CC(N(CCC(=O)O)C(C)(C)C)C2. The van der Waals surface area contributed by atoms with Crippen LogP contribution in [0.15, 0.2) is 0 Å². The lowest BCUT2D eigenvalue weighted by Crippen LogP contribution is -2.55. The highest BCUT2D eigenvalue weighted by Gasteiger charge is 2.42. The summed E-state index contributed by atoms with van der Waals surface area (Å²) < 4.78 is 0. The van der Waals surface area contributed by atoms with Crippen LogP contribution in [0.4, 0.5) is 0 Å². The Morgan fingerprint density at radius 1 is 1.26 bits per heavy atom. The molecule has 2 aliphatic heterocycles. The molecule has 2 atom stereocenters. The molecule has 19 heavy (non-hydrogen) atoms. The van der Waals surface area contributed by atoms with Gasteiger partial charge in [0.1, 0.15) is 0 Å². The van der Waals surface area contributed by atoms with Crippen LogP contribution in [-0.2, 0) is 4.79 Å². The van der Waals surface area contributed by atoms with Crippen LogP contribution < -0.4 is 0 Å². The van der Waals surface area contributed by atoms with Gasteiger partial charge in [-0.05, 0) is 53.5 Å². The second-order valence-electron chi connectivity index (χ2n) is 7.18. The Hall–Kier alpha value is -0.610. The minimum absolute atomic E-state index is 0.0511. The third kappa shape index (κ3) is 3.29. The smallest absolute Gasteiger partial charge is 0.304 e. The zero-order valence-electron chi connectivity index (χ0n) is 12.7. The van der Waals surface area contributed by atoms with Gasteiger partial charge in [-0.3, -0.25) is 9.69 Å². The summed E-state index contributed by atoms with van der Waals surface area (Å²) in [6, 6.07) is 1.96. The summed E-state index contributed by atoms with van der Waals surface area (Å²) in [6.07, 6.45) is 5.27. The molecule has 0 aromatic rings. The van der Waals surface area contributed by atoms with Gasteiger partial charge in [0.05, 0.1) is 6.42 Å². The van der Waals surface area contributed by atoms with Crippen LogP contribution in [0.25, 0.3) is 0 Å². The molecule has 2 fully saturated rings. The second-order valence-corrected chi connectivity index (χ2v) is 7.18. The molecule has 4 nitrogen and oxygen atoms in total. The van der Waals surface area contributed by atoms with Crippen LogP contribution in [0.2, 0.25) is 0 Å². The Morgan fingerprint density at radius 2 is 1.79 bits per heavy atom. The van der Waals surface area contributed by atoms with Gasteiger partial charge in [0.25, 0.3) is 0 Å². The zero-order valence-corrected chi connectivity index (χ0v) is 12.7. The minimum atomic E-state index is -0.690. The molecule has 0 radical (unpaired) electrons. The molecule has 2 saturated heterocycles. The molecule has 2 bridgehead atoms. The predicted octanol–water partition coefficient (Wildman–Crippen LogP) is 2.19. The van der Waals surface area contributed by atoms with Crippen LogP contribution in [0.5, 0.6) is 0 Å². The van der Waals surface area contributed by atoms with Crippen molar-refractivity contribution in [1.82, 2.24) is 9.80 Å². The van der Waals surface area contributed by atoms with E-state index in [-0.39, 0.29) is 12.0 Å². The number of fused-ring (bicyclic) bond motifs is 2. The Kier molecular flexibility index (Phi) is 4.21. The van der Waals surface area contributed by atoms with Crippen molar-refractivity contribution in [2.75, 3.05) is 13.6 Å². The molecular formula is C15H28N2O2. The summed E-state index contributed by atoms with van der Waals surface area (Å²) in [5.41, 5.74) is 0.0511. The van der Waals surface area contributed by atoms with Crippen LogP contribution in [0.3, 0.4) is 0 Å². The van der Waals surface area contributed by atoms with Crippen molar-refractivity contribution < 1.29 is 9.90 Å². The van der Waals surface area contributed by atoms with Gasteiger partial charge < -0.3 is 10.0 Å². The number of carboxylic acids is 1. The molecule has 2 aliphatic rings. The number of nitrogens with zero attached hydrogens (tertiary/aromatic N) is 2. The van der Waals surface area contributed by atoms with Crippen LogP contribution in [0, 0.1) is 0 Å². The van der Waals surface area contributed by atoms with Crippen molar-refractivity contribution >= 4 is 5.97 Å². The molecule has 0 aromatic heterocycles. The van der Waals surface area contributed by atoms with Gasteiger partial charge in [0.15, 0.2) is 0 Å². The quantitative estimate of drug-likeness (QED) is 0.849. The highest BCUT2D eigenvalue weighted by atomic mass is 16.4. The van der Waals surface area contributed by atoms with Crippen molar-refractivity contribution in [3.05, 3.63) is 0 Å². The van der Waals surface area contributed by atoms with Crippen LogP contribution in [-0.4, -0.2) is 58.1 Å². The number of hydrogen-bond donors (Lipinski definition) is 1. The number of hydrogen-bond acceptors (Lipinski definition) is 3. The van der Waals surface area contributed by atoms with E-state index in [1.54, 1.807) is 0 Å². The monoisotopic (exact) mass is 268 g/mol. The number of aliphatic carboxylic acids is 1. The van der Waals surface area contributed by atoms with E-state index < -0.39 is 5.97 Å². The Balaban J connectivity index is 2.05. The Labute approximate surface area is 116 Å². The van der Waals surface area contributed by atoms with E-state index in [0.29, 0.717) is 24.7 Å². The lowest BCUT2D eigenvalue weighted by molar-refractivity contribution is -0.138. The number of carboxylic acid groups (broad SMARTS) is 1. The summed E-state index contributed by atoms with van der Waals surface area (Å²) in [6.45, 7) is 7.28. The van der Waals surface area contributed by atoms with E-state index in [0.717, 1.165) is 0 Å². The molecule has 4 heteroatoms. The standard InChI is InChI=1S/C15H28N2O2/c1-15(2,3)17(8-7-14(18)19)13-9-11-5-6-12(10-13)16(11)4/h11-13H,5-10H2,1-4H3,(H,18,19). The van der Waals surface area contributed by atoms with E-state index in [1.807, 2.05) is 0 Å². The van der Waals surface area contributed by atoms with E-state index in [2.05, 4.69) is 37.6 Å². The average Bonchev–Trinajstić information content (AvgIpc) is 2.49. The van der Waals surface area contributed by atoms with E-state index in [1.165, 1.54) is 25.7 Å². The third-order valence-corrected chi connectivity index (χ3v) is 4.94. The average molecular weight is 268 g/mol. The molecule has 0 amide bonds. The minimum Gasteiger partial charge on any atom is -0.481 e. The lowest BCUT2D eigenvalue weighted by Gasteiger charge is -2.47. The lowest BCUT2D eigenvalue weighted by atomic mass is 9.92. The zero-order chi connectivity index (χ0) is 14.2. The van der Waals surface area contributed by atoms with Gasteiger partial charge in [0, 0.05) is 30.2 Å². The normalized spacial score (nSPS) is 31.9. The molecule has 0 aliphatic carbocycles. The fourth-order valence-corrected chi connectivity index (χ4v) is 3.92. The molecule has 0 saturated carbocycles. The molecule has 2 rings (SSSR count). The first-order chi connectivity index (χ1) is 8.79. The van der Waals surface area contributed by atoms with Gasteiger partial charge in [-0.1, -0.05) is 0 Å². The maximum atomic E-state index is 10.9. The highest BCUT2D eigenvalue weighted by Crippen LogP contribution is 2.38. The second kappa shape index (κ2) is 5.41. The summed E-state index contributed by atoms with van der Waals surface area (Å²) in [5.74, 6) is -0.690. The topological polar surface area (TPSA) is 43.8 Å². The Morgan fingerprint density at radius 3 is 2.21 bits per heavy atom. The van der Waals surface area contributed by atoms with Crippen molar-refractivity contribution in [2.24, 2.45) is 0 Å². The van der Waals surface area contributed by atoms with Crippen molar-refractivity contribution in [3.8, 4) is 0 Å². The van der Waals surface area contributed by atoms with Gasteiger partial charge in [-0.15, -0.1) is 0 Å². The summed E-state index contributed by atoms with van der Waals surface area (Å²) >= 11 is 0. The molecule has 2 heterocycles. The maximum absolute atomic E-state index is 10.9. The van der Waals surface area contributed by atoms with Gasteiger partial charge in [-0.25, -0.2) is 0 Å². The molecule has 0 aromatic carbocycles. The fourth-order valence-electron chi connectivity index (χ4n) is 3.92. The van der Waals surface area contributed by atoms with Gasteiger partial charge in [-0.2, -0.15) is 0 Å². The first-order valence-corrected chi connectivity index (χ1v) is 7.49. The van der Waals surface area contributed by atoms with E-state index in [4.69, 9.17) is 5.11 Å². The largest absolute Gasteiger partial charge is 0.481 e. The van der Waals surface area contributed by atoms with Crippen molar-refractivity contribution in [1.29, 1.82) is 0 Å². The highest BCUT2D eigenvalue weighted by molar-refractivity contribution is 5.66. The number of carbonyl (C=O) groups is 1. The molecule has 2 unspecified atom stereocenters. The van der Waals surface area contributed by atoms with Gasteiger partial charge in [0.2, 0.25) is 0 Å². The molecular weight excluding hydrogens is 240 g/mol. The van der Waals surface area contributed by atoms with E-state index in [9.17, 15) is 4.79 Å². The fraction of sp³-hybridized carbons (Fsp3) is 0.933. The number of rotatable bonds is 4. The summed E-state index contributed by atoms with van der Waals surface area (Å²) in [5, 5.41) is 8.95. The van der Waals surface area contributed by atoms with Crippen LogP contribution in [0.1, 0.15) is 52.9 Å². The van der Waals surface area contributed by atoms with Crippen molar-refractivity contribution in [3.63, 3.8) is 0 Å². The van der Waals surface area contributed by atoms with Crippen LogP contribution >= 0.6 is 0 Å². The maximum Gasteiger partial charge on any atom is 0.304 e. The summed E-state index contributed by atoms with van der Waals surface area (Å²) in [7, 11) is 2.25. The van der Waals surface area contributed by atoms with Gasteiger partial charge >= 0.3 is 5.97 Å². The molecule has 1 N–H and O–H groups in total.